The van der Waals surface area contributed by atoms with Crippen molar-refractivity contribution in [3.8, 4) is 5.69 Å². The summed E-state index contributed by atoms with van der Waals surface area (Å²) in [5, 5.41) is 0. The van der Waals surface area contributed by atoms with Gasteiger partial charge in [0.05, 0.1) is 5.69 Å². The molecule has 0 bridgehead atoms. The van der Waals surface area contributed by atoms with Crippen LogP contribution in [0.4, 0.5) is 0 Å². The van der Waals surface area contributed by atoms with Gasteiger partial charge in [-0.2, -0.15) is 0 Å². The molecule has 3 rings (SSSR count). The summed E-state index contributed by atoms with van der Waals surface area (Å²) >= 11 is 0. The number of aromatic nitrogens is 2. The lowest BCUT2D eigenvalue weighted by Crippen LogP contribution is -2.21. The van der Waals surface area contributed by atoms with Crippen molar-refractivity contribution in [1.82, 2.24) is 9.36 Å². The second kappa shape index (κ2) is 4.72. The SMILES string of the molecule is Cc1c(C2CCCC2)c(=O)n(-c2ccccc2)n1C. The third kappa shape index (κ3) is 1.93. The quantitative estimate of drug-likeness (QED) is 0.811. The number of hydrogen-bond acceptors (Lipinski definition) is 1. The maximum absolute atomic E-state index is 12.7. The molecular formula is C16H20N2O. The van der Waals surface area contributed by atoms with Gasteiger partial charge in [0, 0.05) is 18.3 Å². The van der Waals surface area contributed by atoms with Crippen LogP contribution in [0.15, 0.2) is 35.1 Å². The molecule has 1 aromatic heterocycles. The van der Waals surface area contributed by atoms with E-state index < -0.39 is 0 Å². The highest BCUT2D eigenvalue weighted by Gasteiger charge is 2.26. The number of nitrogens with zero attached hydrogens (tertiary/aromatic N) is 2. The van der Waals surface area contributed by atoms with E-state index in [0.29, 0.717) is 5.92 Å². The Morgan fingerprint density at radius 1 is 1.11 bits per heavy atom. The normalized spacial score (nSPS) is 16.1. The fraction of sp³-hybridized carbons (Fsp3) is 0.438. The topological polar surface area (TPSA) is 26.9 Å². The Hall–Kier alpha value is -1.77. The van der Waals surface area contributed by atoms with Crippen LogP contribution >= 0.6 is 0 Å². The third-order valence-corrected chi connectivity index (χ3v) is 4.36. The number of rotatable bonds is 2. The second-order valence-electron chi connectivity index (χ2n) is 5.46. The zero-order valence-electron chi connectivity index (χ0n) is 11.6. The predicted octanol–water partition coefficient (Wildman–Crippen LogP) is 3.14. The molecule has 1 heterocycles. The van der Waals surface area contributed by atoms with Gasteiger partial charge in [0.1, 0.15) is 0 Å². The lowest BCUT2D eigenvalue weighted by molar-refractivity contribution is 0.629. The molecule has 3 nitrogen and oxygen atoms in total. The molecule has 0 aliphatic heterocycles. The van der Waals surface area contributed by atoms with Crippen molar-refractivity contribution >= 4 is 0 Å². The zero-order valence-corrected chi connectivity index (χ0v) is 11.6. The van der Waals surface area contributed by atoms with E-state index in [1.54, 1.807) is 4.68 Å². The molecule has 19 heavy (non-hydrogen) atoms. The third-order valence-electron chi connectivity index (χ3n) is 4.36. The Balaban J connectivity index is 2.17. The number of benzene rings is 1. The van der Waals surface area contributed by atoms with Crippen LogP contribution in [0.25, 0.3) is 5.69 Å². The Kier molecular flexibility index (Phi) is 3.05. The number of hydrogen-bond donors (Lipinski definition) is 0. The van der Waals surface area contributed by atoms with Crippen LogP contribution in [0.1, 0.15) is 42.9 Å². The lowest BCUT2D eigenvalue weighted by atomic mass is 9.98. The van der Waals surface area contributed by atoms with Gasteiger partial charge in [0.15, 0.2) is 0 Å². The van der Waals surface area contributed by atoms with Gasteiger partial charge in [0.25, 0.3) is 5.56 Å². The highest BCUT2D eigenvalue weighted by molar-refractivity contribution is 5.34. The molecule has 0 radical (unpaired) electrons. The first-order valence-electron chi connectivity index (χ1n) is 7.04. The van der Waals surface area contributed by atoms with Crippen LogP contribution in [0, 0.1) is 6.92 Å². The smallest absolute Gasteiger partial charge is 0.275 e. The van der Waals surface area contributed by atoms with Crippen LogP contribution in [-0.2, 0) is 7.05 Å². The van der Waals surface area contributed by atoms with Crippen LogP contribution in [-0.4, -0.2) is 9.36 Å². The monoisotopic (exact) mass is 256 g/mol. The van der Waals surface area contributed by atoms with E-state index in [4.69, 9.17) is 0 Å². The molecule has 0 atom stereocenters. The van der Waals surface area contributed by atoms with E-state index in [0.717, 1.165) is 29.8 Å². The van der Waals surface area contributed by atoms with Gasteiger partial charge in [-0.25, -0.2) is 4.68 Å². The van der Waals surface area contributed by atoms with Gasteiger partial charge < -0.3 is 0 Å². The average Bonchev–Trinajstić information content (AvgIpc) is 3.00. The predicted molar refractivity (Wildman–Crippen MR) is 77.0 cm³/mol. The zero-order chi connectivity index (χ0) is 13.4. The van der Waals surface area contributed by atoms with Gasteiger partial charge >= 0.3 is 0 Å². The molecule has 0 saturated heterocycles. The van der Waals surface area contributed by atoms with Crippen molar-refractivity contribution in [1.29, 1.82) is 0 Å². The van der Waals surface area contributed by atoms with Crippen LogP contribution in [0.2, 0.25) is 0 Å². The second-order valence-corrected chi connectivity index (χ2v) is 5.46. The Morgan fingerprint density at radius 3 is 2.37 bits per heavy atom. The largest absolute Gasteiger partial charge is 0.285 e. The van der Waals surface area contributed by atoms with Crippen molar-refractivity contribution in [2.24, 2.45) is 7.05 Å². The summed E-state index contributed by atoms with van der Waals surface area (Å²) < 4.78 is 3.79. The minimum absolute atomic E-state index is 0.165. The van der Waals surface area contributed by atoms with E-state index in [-0.39, 0.29) is 5.56 Å². The van der Waals surface area contributed by atoms with Crippen LogP contribution < -0.4 is 5.56 Å². The fourth-order valence-corrected chi connectivity index (χ4v) is 3.27. The van der Waals surface area contributed by atoms with E-state index >= 15 is 0 Å². The lowest BCUT2D eigenvalue weighted by Gasteiger charge is -2.08. The van der Waals surface area contributed by atoms with Crippen molar-refractivity contribution in [3.63, 3.8) is 0 Å². The van der Waals surface area contributed by atoms with Gasteiger partial charge in [-0.15, -0.1) is 0 Å². The summed E-state index contributed by atoms with van der Waals surface area (Å²) in [4.78, 5) is 12.7. The van der Waals surface area contributed by atoms with E-state index in [1.165, 1.54) is 12.8 Å². The summed E-state index contributed by atoms with van der Waals surface area (Å²) in [6.07, 6.45) is 4.83. The van der Waals surface area contributed by atoms with E-state index in [1.807, 2.05) is 42.1 Å². The van der Waals surface area contributed by atoms with E-state index in [2.05, 4.69) is 6.92 Å². The van der Waals surface area contributed by atoms with E-state index in [9.17, 15) is 4.79 Å². The van der Waals surface area contributed by atoms with Crippen molar-refractivity contribution in [3.05, 3.63) is 51.9 Å². The first-order chi connectivity index (χ1) is 9.20. The summed E-state index contributed by atoms with van der Waals surface area (Å²) in [6, 6.07) is 9.89. The minimum atomic E-state index is 0.165. The van der Waals surface area contributed by atoms with Crippen molar-refractivity contribution < 1.29 is 0 Å². The molecular weight excluding hydrogens is 236 g/mol. The molecule has 1 fully saturated rings. The van der Waals surface area contributed by atoms with Gasteiger partial charge in [0.2, 0.25) is 0 Å². The summed E-state index contributed by atoms with van der Waals surface area (Å²) in [5.41, 5.74) is 3.25. The average molecular weight is 256 g/mol. The molecule has 0 N–H and O–H groups in total. The summed E-state index contributed by atoms with van der Waals surface area (Å²) in [5.74, 6) is 0.462. The molecule has 3 heteroatoms. The Bertz CT molecular complexity index is 631. The molecule has 0 spiro atoms. The maximum Gasteiger partial charge on any atom is 0.275 e. The van der Waals surface area contributed by atoms with Gasteiger partial charge in [-0.3, -0.25) is 9.48 Å². The highest BCUT2D eigenvalue weighted by Crippen LogP contribution is 2.34. The number of para-hydroxylation sites is 1. The first kappa shape index (κ1) is 12.3. The van der Waals surface area contributed by atoms with Crippen LogP contribution in [0.3, 0.4) is 0 Å². The van der Waals surface area contributed by atoms with Gasteiger partial charge in [-0.1, -0.05) is 31.0 Å². The molecule has 1 aliphatic rings. The van der Waals surface area contributed by atoms with Gasteiger partial charge in [-0.05, 0) is 37.8 Å². The summed E-state index contributed by atoms with van der Waals surface area (Å²) in [7, 11) is 1.97. The highest BCUT2D eigenvalue weighted by atomic mass is 16.1. The molecule has 1 saturated carbocycles. The molecule has 0 amide bonds. The maximum atomic E-state index is 12.7. The fourth-order valence-electron chi connectivity index (χ4n) is 3.27. The first-order valence-corrected chi connectivity index (χ1v) is 7.04. The van der Waals surface area contributed by atoms with Crippen molar-refractivity contribution in [2.75, 3.05) is 0 Å². The minimum Gasteiger partial charge on any atom is -0.285 e. The molecule has 1 aliphatic carbocycles. The van der Waals surface area contributed by atoms with Crippen LogP contribution in [0.5, 0.6) is 0 Å². The molecule has 0 unspecified atom stereocenters. The summed E-state index contributed by atoms with van der Waals surface area (Å²) in [6.45, 7) is 2.06. The van der Waals surface area contributed by atoms with Crippen molar-refractivity contribution in [2.45, 2.75) is 38.5 Å². The Labute approximate surface area is 113 Å². The Morgan fingerprint density at radius 2 is 1.74 bits per heavy atom. The molecule has 2 aromatic rings. The molecule has 1 aromatic carbocycles. The molecule has 100 valence electrons. The standard InChI is InChI=1S/C16H20N2O/c1-12-15(13-8-6-7-9-13)16(19)18(17(12)2)14-10-4-3-5-11-14/h3-5,10-11,13H,6-9H2,1-2H3.